The molecule has 0 amide bonds. The van der Waals surface area contributed by atoms with Crippen LogP contribution in [-0.4, -0.2) is 15.5 Å². The fourth-order valence-corrected chi connectivity index (χ4v) is 2.80. The molecule has 0 heterocycles. The average molecular weight is 295 g/mol. The molecule has 0 saturated carbocycles. The first-order valence-electron chi connectivity index (χ1n) is 5.85. The Kier molecular flexibility index (Phi) is 3.94. The zero-order valence-corrected chi connectivity index (χ0v) is 11.9. The van der Waals surface area contributed by atoms with Gasteiger partial charge < -0.3 is 4.74 Å². The minimum atomic E-state index is -3.73. The summed E-state index contributed by atoms with van der Waals surface area (Å²) in [5.74, 6) is 0.193. The van der Waals surface area contributed by atoms with Gasteiger partial charge in [0.1, 0.15) is 11.6 Å². The Labute approximate surface area is 117 Å². The second-order valence-corrected chi connectivity index (χ2v) is 5.93. The smallest absolute Gasteiger partial charge is 0.261 e. The Bertz CT molecular complexity index is 712. The molecule has 0 saturated heterocycles. The van der Waals surface area contributed by atoms with Gasteiger partial charge in [0.2, 0.25) is 0 Å². The fourth-order valence-electron chi connectivity index (χ4n) is 1.66. The highest BCUT2D eigenvalue weighted by Crippen LogP contribution is 2.20. The summed E-state index contributed by atoms with van der Waals surface area (Å²) in [7, 11) is -2.20. The lowest BCUT2D eigenvalue weighted by Gasteiger charge is -2.09. The van der Waals surface area contributed by atoms with Crippen molar-refractivity contribution in [3.8, 4) is 5.75 Å². The summed E-state index contributed by atoms with van der Waals surface area (Å²) in [4.78, 5) is 0.0206. The zero-order chi connectivity index (χ0) is 14.8. The molecule has 0 atom stereocenters. The standard InChI is InChI=1S/C14H14FNO3S/c1-10-9-13(7-8-14(10)15)20(17,18)16-11-3-5-12(19-2)6-4-11/h3-9,16H,1-2H3. The van der Waals surface area contributed by atoms with Crippen molar-refractivity contribution in [3.05, 3.63) is 53.8 Å². The maximum Gasteiger partial charge on any atom is 0.261 e. The van der Waals surface area contributed by atoms with Gasteiger partial charge in [0.15, 0.2) is 0 Å². The average Bonchev–Trinajstić information content (AvgIpc) is 2.42. The van der Waals surface area contributed by atoms with Gasteiger partial charge >= 0.3 is 0 Å². The lowest BCUT2D eigenvalue weighted by Crippen LogP contribution is -2.13. The number of sulfonamides is 1. The second kappa shape index (κ2) is 5.50. The summed E-state index contributed by atoms with van der Waals surface area (Å²) in [6.07, 6.45) is 0. The lowest BCUT2D eigenvalue weighted by molar-refractivity contribution is 0.415. The van der Waals surface area contributed by atoms with E-state index < -0.39 is 15.8 Å². The third kappa shape index (κ3) is 3.08. The van der Waals surface area contributed by atoms with E-state index in [-0.39, 0.29) is 10.5 Å². The lowest BCUT2D eigenvalue weighted by atomic mass is 10.2. The van der Waals surface area contributed by atoms with E-state index in [9.17, 15) is 12.8 Å². The zero-order valence-electron chi connectivity index (χ0n) is 11.1. The molecule has 2 aromatic carbocycles. The number of rotatable bonds is 4. The highest BCUT2D eigenvalue weighted by Gasteiger charge is 2.15. The molecule has 0 aliphatic rings. The van der Waals surface area contributed by atoms with Crippen molar-refractivity contribution in [1.29, 1.82) is 0 Å². The number of benzene rings is 2. The fraction of sp³-hybridized carbons (Fsp3) is 0.143. The third-order valence-corrected chi connectivity index (χ3v) is 4.16. The van der Waals surface area contributed by atoms with Crippen molar-refractivity contribution in [2.75, 3.05) is 11.8 Å². The van der Waals surface area contributed by atoms with E-state index in [0.29, 0.717) is 11.4 Å². The van der Waals surface area contributed by atoms with E-state index in [2.05, 4.69) is 4.72 Å². The van der Waals surface area contributed by atoms with Crippen molar-refractivity contribution in [3.63, 3.8) is 0 Å². The molecule has 20 heavy (non-hydrogen) atoms. The van der Waals surface area contributed by atoms with Gasteiger partial charge in [-0.3, -0.25) is 4.72 Å². The predicted octanol–water partition coefficient (Wildman–Crippen LogP) is 2.94. The third-order valence-electron chi connectivity index (χ3n) is 2.78. The molecule has 2 aromatic rings. The maximum absolute atomic E-state index is 13.2. The van der Waals surface area contributed by atoms with Gasteiger partial charge in [-0.15, -0.1) is 0 Å². The molecule has 0 aromatic heterocycles. The number of anilines is 1. The van der Waals surface area contributed by atoms with Gasteiger partial charge in [-0.25, -0.2) is 12.8 Å². The number of methoxy groups -OCH3 is 1. The minimum absolute atomic E-state index is 0.0206. The first-order valence-corrected chi connectivity index (χ1v) is 7.34. The van der Waals surface area contributed by atoms with E-state index in [1.807, 2.05) is 0 Å². The monoisotopic (exact) mass is 295 g/mol. The SMILES string of the molecule is COc1ccc(NS(=O)(=O)c2ccc(F)c(C)c2)cc1. The Morgan fingerprint density at radius 3 is 2.30 bits per heavy atom. The van der Waals surface area contributed by atoms with Crippen LogP contribution in [0.4, 0.5) is 10.1 Å². The van der Waals surface area contributed by atoms with Crippen LogP contribution in [0.3, 0.4) is 0 Å². The summed E-state index contributed by atoms with van der Waals surface area (Å²) in [6, 6.07) is 10.1. The van der Waals surface area contributed by atoms with E-state index in [1.54, 1.807) is 24.3 Å². The number of hydrogen-bond donors (Lipinski definition) is 1. The van der Waals surface area contributed by atoms with Crippen LogP contribution >= 0.6 is 0 Å². The van der Waals surface area contributed by atoms with Crippen molar-refractivity contribution >= 4 is 15.7 Å². The number of halogens is 1. The van der Waals surface area contributed by atoms with Crippen LogP contribution in [-0.2, 0) is 10.0 Å². The van der Waals surface area contributed by atoms with Crippen LogP contribution in [0.2, 0.25) is 0 Å². The Hall–Kier alpha value is -2.08. The Balaban J connectivity index is 2.27. The molecule has 0 unspecified atom stereocenters. The highest BCUT2D eigenvalue weighted by atomic mass is 32.2. The number of nitrogens with one attached hydrogen (secondary N) is 1. The number of hydrogen-bond acceptors (Lipinski definition) is 3. The first kappa shape index (κ1) is 14.3. The molecule has 0 spiro atoms. The topological polar surface area (TPSA) is 55.4 Å². The van der Waals surface area contributed by atoms with Gasteiger partial charge in [-0.2, -0.15) is 0 Å². The molecule has 2 rings (SSSR count). The van der Waals surface area contributed by atoms with Crippen LogP contribution in [0.15, 0.2) is 47.4 Å². The molecule has 4 nitrogen and oxygen atoms in total. The van der Waals surface area contributed by atoms with Gasteiger partial charge in [0.25, 0.3) is 10.0 Å². The van der Waals surface area contributed by atoms with Gasteiger partial charge in [0.05, 0.1) is 12.0 Å². The van der Waals surface area contributed by atoms with Crippen LogP contribution in [0.5, 0.6) is 5.75 Å². The van der Waals surface area contributed by atoms with Crippen molar-refractivity contribution < 1.29 is 17.5 Å². The molecular weight excluding hydrogens is 281 g/mol. The first-order chi connectivity index (χ1) is 9.42. The van der Waals surface area contributed by atoms with E-state index in [1.165, 1.54) is 26.2 Å². The summed E-state index contributed by atoms with van der Waals surface area (Å²) in [5, 5.41) is 0. The molecule has 0 aliphatic heterocycles. The molecule has 0 bridgehead atoms. The normalized spacial score (nSPS) is 11.2. The number of aryl methyl sites for hydroxylation is 1. The van der Waals surface area contributed by atoms with E-state index in [4.69, 9.17) is 4.74 Å². The summed E-state index contributed by atoms with van der Waals surface area (Å²) < 4.78 is 44.9. The Morgan fingerprint density at radius 2 is 1.75 bits per heavy atom. The largest absolute Gasteiger partial charge is 0.497 e. The van der Waals surface area contributed by atoms with Crippen molar-refractivity contribution in [2.24, 2.45) is 0 Å². The molecular formula is C14H14FNO3S. The van der Waals surface area contributed by atoms with Gasteiger partial charge in [-0.05, 0) is 55.0 Å². The predicted molar refractivity (Wildman–Crippen MR) is 74.9 cm³/mol. The van der Waals surface area contributed by atoms with E-state index >= 15 is 0 Å². The summed E-state index contributed by atoms with van der Waals surface area (Å²) >= 11 is 0. The van der Waals surface area contributed by atoms with Crippen LogP contribution in [0, 0.1) is 12.7 Å². The summed E-state index contributed by atoms with van der Waals surface area (Å²) in [5.41, 5.74) is 0.690. The molecule has 0 fully saturated rings. The van der Waals surface area contributed by atoms with Crippen LogP contribution in [0.25, 0.3) is 0 Å². The Morgan fingerprint density at radius 1 is 1.10 bits per heavy atom. The number of ether oxygens (including phenoxy) is 1. The molecule has 0 aliphatic carbocycles. The highest BCUT2D eigenvalue weighted by molar-refractivity contribution is 7.92. The molecule has 0 radical (unpaired) electrons. The minimum Gasteiger partial charge on any atom is -0.497 e. The van der Waals surface area contributed by atoms with Crippen molar-refractivity contribution in [2.45, 2.75) is 11.8 Å². The van der Waals surface area contributed by atoms with Gasteiger partial charge in [0, 0.05) is 5.69 Å². The van der Waals surface area contributed by atoms with E-state index in [0.717, 1.165) is 6.07 Å². The van der Waals surface area contributed by atoms with Crippen LogP contribution in [0.1, 0.15) is 5.56 Å². The molecule has 106 valence electrons. The second-order valence-electron chi connectivity index (χ2n) is 4.24. The molecule has 6 heteroatoms. The maximum atomic E-state index is 13.2. The summed E-state index contributed by atoms with van der Waals surface area (Å²) in [6.45, 7) is 1.52. The quantitative estimate of drug-likeness (QED) is 0.943. The van der Waals surface area contributed by atoms with Crippen molar-refractivity contribution in [1.82, 2.24) is 0 Å². The van der Waals surface area contributed by atoms with Crippen LogP contribution < -0.4 is 9.46 Å². The van der Waals surface area contributed by atoms with Gasteiger partial charge in [-0.1, -0.05) is 0 Å². The molecule has 1 N–H and O–H groups in total.